The summed E-state index contributed by atoms with van der Waals surface area (Å²) in [5.41, 5.74) is 1.19. The van der Waals surface area contributed by atoms with Crippen molar-refractivity contribution in [2.45, 2.75) is 11.8 Å². The summed E-state index contributed by atoms with van der Waals surface area (Å²) >= 11 is 0. The zero-order chi connectivity index (χ0) is 14.9. The first-order valence-electron chi connectivity index (χ1n) is 5.80. The van der Waals surface area contributed by atoms with Crippen molar-refractivity contribution in [3.05, 3.63) is 47.8 Å². The number of para-hydroxylation sites is 1. The second-order valence-electron chi connectivity index (χ2n) is 4.31. The molecule has 20 heavy (non-hydrogen) atoms. The number of nitrogens with zero attached hydrogens (tertiary/aromatic N) is 1. The molecular weight excluding hydrogens is 280 g/mol. The van der Waals surface area contributed by atoms with Crippen LogP contribution in [-0.2, 0) is 10.0 Å². The summed E-state index contributed by atoms with van der Waals surface area (Å²) in [5, 5.41) is 8.82. The normalized spacial score (nSPS) is 11.3. The number of nitrogens with one attached hydrogen (secondary N) is 1. The molecule has 0 fully saturated rings. The summed E-state index contributed by atoms with van der Waals surface area (Å²) in [6, 6.07) is 8.16. The van der Waals surface area contributed by atoms with E-state index in [0.717, 1.165) is 15.9 Å². The summed E-state index contributed by atoms with van der Waals surface area (Å²) in [5.74, 6) is -1.20. The molecule has 0 amide bonds. The third-order valence-corrected chi connectivity index (χ3v) is 4.75. The second kappa shape index (κ2) is 5.01. The van der Waals surface area contributed by atoms with Crippen LogP contribution in [0.5, 0.6) is 0 Å². The molecule has 0 aliphatic heterocycles. The van der Waals surface area contributed by atoms with Gasteiger partial charge in [0.2, 0.25) is 0 Å². The van der Waals surface area contributed by atoms with Gasteiger partial charge in [-0.05, 0) is 24.6 Å². The minimum absolute atomic E-state index is 0.0827. The molecule has 0 unspecified atom stereocenters. The molecule has 7 heteroatoms. The van der Waals surface area contributed by atoms with E-state index in [9.17, 15) is 13.2 Å². The molecule has 1 aromatic heterocycles. The molecule has 2 aromatic rings. The highest BCUT2D eigenvalue weighted by Gasteiger charge is 2.24. The van der Waals surface area contributed by atoms with Gasteiger partial charge < -0.3 is 10.1 Å². The van der Waals surface area contributed by atoms with Gasteiger partial charge >= 0.3 is 5.97 Å². The van der Waals surface area contributed by atoms with Gasteiger partial charge in [-0.1, -0.05) is 18.2 Å². The number of aromatic carboxylic acids is 1. The standard InChI is InChI=1S/C13H14N2O4S/c1-9-5-3-4-6-12(9)15(2)20(18,19)10-7-11(13(16)17)14-8-10/h3-8,14H,1-2H3,(H,16,17). The van der Waals surface area contributed by atoms with Crippen LogP contribution in [0.1, 0.15) is 16.1 Å². The van der Waals surface area contributed by atoms with Crippen molar-refractivity contribution in [1.82, 2.24) is 4.98 Å². The van der Waals surface area contributed by atoms with E-state index in [1.54, 1.807) is 25.1 Å². The van der Waals surface area contributed by atoms with Crippen LogP contribution >= 0.6 is 0 Å². The zero-order valence-electron chi connectivity index (χ0n) is 11.0. The van der Waals surface area contributed by atoms with E-state index in [0.29, 0.717) is 5.69 Å². The fraction of sp³-hybridized carbons (Fsp3) is 0.154. The molecule has 106 valence electrons. The van der Waals surface area contributed by atoms with Crippen molar-refractivity contribution in [2.75, 3.05) is 11.4 Å². The Hall–Kier alpha value is -2.28. The average Bonchev–Trinajstić information content (AvgIpc) is 2.89. The Labute approximate surface area is 116 Å². The second-order valence-corrected chi connectivity index (χ2v) is 6.28. The van der Waals surface area contributed by atoms with Gasteiger partial charge in [0.1, 0.15) is 10.6 Å². The molecular formula is C13H14N2O4S. The summed E-state index contributed by atoms with van der Waals surface area (Å²) in [4.78, 5) is 13.1. The van der Waals surface area contributed by atoms with E-state index in [2.05, 4.69) is 4.98 Å². The number of rotatable bonds is 4. The van der Waals surface area contributed by atoms with Crippen LogP contribution in [0.4, 0.5) is 5.69 Å². The van der Waals surface area contributed by atoms with Crippen LogP contribution in [0.15, 0.2) is 41.4 Å². The minimum atomic E-state index is -3.79. The van der Waals surface area contributed by atoms with E-state index >= 15 is 0 Å². The molecule has 0 spiro atoms. The molecule has 2 N–H and O–H groups in total. The Morgan fingerprint density at radius 3 is 2.50 bits per heavy atom. The lowest BCUT2D eigenvalue weighted by molar-refractivity contribution is 0.0691. The number of aromatic amines is 1. The van der Waals surface area contributed by atoms with Crippen LogP contribution in [0.25, 0.3) is 0 Å². The Morgan fingerprint density at radius 1 is 1.30 bits per heavy atom. The van der Waals surface area contributed by atoms with Crippen LogP contribution in [-0.4, -0.2) is 31.5 Å². The van der Waals surface area contributed by atoms with E-state index in [1.165, 1.54) is 13.2 Å². The monoisotopic (exact) mass is 294 g/mol. The Kier molecular flexibility index (Phi) is 3.54. The lowest BCUT2D eigenvalue weighted by Gasteiger charge is -2.20. The lowest BCUT2D eigenvalue weighted by atomic mass is 10.2. The first kappa shape index (κ1) is 14.1. The van der Waals surface area contributed by atoms with Gasteiger partial charge in [0.25, 0.3) is 10.0 Å². The number of H-pyrrole nitrogens is 1. The van der Waals surface area contributed by atoms with Gasteiger partial charge in [-0.2, -0.15) is 0 Å². The number of benzene rings is 1. The van der Waals surface area contributed by atoms with Crippen LogP contribution < -0.4 is 4.31 Å². The molecule has 0 saturated heterocycles. The Morgan fingerprint density at radius 2 is 1.95 bits per heavy atom. The fourth-order valence-electron chi connectivity index (χ4n) is 1.85. The van der Waals surface area contributed by atoms with Crippen LogP contribution in [0.2, 0.25) is 0 Å². The topological polar surface area (TPSA) is 90.5 Å². The van der Waals surface area contributed by atoms with Gasteiger partial charge in [0, 0.05) is 13.2 Å². The maximum Gasteiger partial charge on any atom is 0.352 e. The SMILES string of the molecule is Cc1ccccc1N(C)S(=O)(=O)c1c[nH]c(C(=O)O)c1. The van der Waals surface area contributed by atoms with E-state index < -0.39 is 16.0 Å². The summed E-state index contributed by atoms with van der Waals surface area (Å²) in [7, 11) is -2.35. The number of aromatic nitrogens is 1. The van der Waals surface area contributed by atoms with Crippen molar-refractivity contribution in [3.63, 3.8) is 0 Å². The molecule has 1 aromatic carbocycles. The maximum absolute atomic E-state index is 12.4. The smallest absolute Gasteiger partial charge is 0.352 e. The van der Waals surface area contributed by atoms with Gasteiger partial charge in [-0.3, -0.25) is 4.31 Å². The molecule has 1 heterocycles. The predicted molar refractivity (Wildman–Crippen MR) is 74.5 cm³/mol. The average molecular weight is 294 g/mol. The van der Waals surface area contributed by atoms with Gasteiger partial charge in [-0.25, -0.2) is 13.2 Å². The fourth-order valence-corrected chi connectivity index (χ4v) is 3.11. The highest BCUT2D eigenvalue weighted by Crippen LogP contribution is 2.25. The van der Waals surface area contributed by atoms with E-state index in [4.69, 9.17) is 5.11 Å². The first-order chi connectivity index (χ1) is 9.34. The van der Waals surface area contributed by atoms with E-state index in [1.807, 2.05) is 6.07 Å². The Bertz CT molecular complexity index is 749. The highest BCUT2D eigenvalue weighted by atomic mass is 32.2. The minimum Gasteiger partial charge on any atom is -0.477 e. The largest absolute Gasteiger partial charge is 0.477 e. The summed E-state index contributed by atoms with van der Waals surface area (Å²) < 4.78 is 26.0. The summed E-state index contributed by atoms with van der Waals surface area (Å²) in [6.45, 7) is 1.81. The third-order valence-electron chi connectivity index (χ3n) is 3.00. The number of hydrogen-bond acceptors (Lipinski definition) is 3. The number of carboxylic acids is 1. The number of aryl methyl sites for hydroxylation is 1. The number of carbonyl (C=O) groups is 1. The number of hydrogen-bond donors (Lipinski definition) is 2. The Balaban J connectivity index is 2.44. The molecule has 0 aliphatic carbocycles. The van der Waals surface area contributed by atoms with Gasteiger partial charge in [-0.15, -0.1) is 0 Å². The van der Waals surface area contributed by atoms with Crippen LogP contribution in [0, 0.1) is 6.92 Å². The molecule has 0 radical (unpaired) electrons. The number of sulfonamides is 1. The lowest BCUT2D eigenvalue weighted by Crippen LogP contribution is -2.26. The van der Waals surface area contributed by atoms with Crippen molar-refractivity contribution < 1.29 is 18.3 Å². The first-order valence-corrected chi connectivity index (χ1v) is 7.24. The molecule has 0 bridgehead atoms. The highest BCUT2D eigenvalue weighted by molar-refractivity contribution is 7.92. The van der Waals surface area contributed by atoms with Crippen molar-refractivity contribution in [2.24, 2.45) is 0 Å². The number of anilines is 1. The van der Waals surface area contributed by atoms with E-state index in [-0.39, 0.29) is 10.6 Å². The quantitative estimate of drug-likeness (QED) is 0.900. The molecule has 0 saturated carbocycles. The van der Waals surface area contributed by atoms with Gasteiger partial charge in [0.05, 0.1) is 5.69 Å². The summed E-state index contributed by atoms with van der Waals surface area (Å²) in [6.07, 6.45) is 1.17. The zero-order valence-corrected chi connectivity index (χ0v) is 11.8. The van der Waals surface area contributed by atoms with Gasteiger partial charge in [0.15, 0.2) is 0 Å². The van der Waals surface area contributed by atoms with Crippen LogP contribution in [0.3, 0.4) is 0 Å². The third kappa shape index (κ3) is 2.39. The molecule has 0 atom stereocenters. The molecule has 0 aliphatic rings. The molecule has 6 nitrogen and oxygen atoms in total. The van der Waals surface area contributed by atoms with Crippen molar-refractivity contribution >= 4 is 21.7 Å². The number of carboxylic acid groups (broad SMARTS) is 1. The predicted octanol–water partition coefficient (Wildman–Crippen LogP) is 1.85. The maximum atomic E-state index is 12.4. The van der Waals surface area contributed by atoms with Crippen molar-refractivity contribution in [3.8, 4) is 0 Å². The van der Waals surface area contributed by atoms with Crippen molar-refractivity contribution in [1.29, 1.82) is 0 Å². The molecule has 2 rings (SSSR count).